The Morgan fingerprint density at radius 1 is 1.17 bits per heavy atom. The fourth-order valence-corrected chi connectivity index (χ4v) is 1.98. The Hall–Kier alpha value is -2.86. The molecule has 2 aromatic carbocycles. The van der Waals surface area contributed by atoms with Gasteiger partial charge in [0.25, 0.3) is 0 Å². The summed E-state index contributed by atoms with van der Waals surface area (Å²) in [7, 11) is 0. The Kier molecular flexibility index (Phi) is 5.32. The molecule has 7 heteroatoms. The van der Waals surface area contributed by atoms with Crippen LogP contribution in [0.15, 0.2) is 47.6 Å². The lowest BCUT2D eigenvalue weighted by molar-refractivity contribution is -0.136. The second-order valence-electron chi connectivity index (χ2n) is 4.67. The molecule has 0 saturated carbocycles. The van der Waals surface area contributed by atoms with Gasteiger partial charge in [0, 0.05) is 16.3 Å². The maximum Gasteiger partial charge on any atom is 0.329 e. The van der Waals surface area contributed by atoms with Crippen molar-refractivity contribution in [1.82, 2.24) is 5.43 Å². The van der Waals surface area contributed by atoms with E-state index in [-0.39, 0.29) is 5.75 Å². The summed E-state index contributed by atoms with van der Waals surface area (Å²) >= 11 is 5.82. The molecule has 0 saturated heterocycles. The third-order valence-corrected chi connectivity index (χ3v) is 3.18. The Bertz CT molecular complexity index is 775. The summed E-state index contributed by atoms with van der Waals surface area (Å²) in [5.74, 6) is -1.76. The molecule has 0 aromatic heterocycles. The Morgan fingerprint density at radius 2 is 1.91 bits per heavy atom. The average Bonchev–Trinajstić information content (AvgIpc) is 2.51. The van der Waals surface area contributed by atoms with E-state index >= 15 is 0 Å². The predicted octanol–water partition coefficient (Wildman–Crippen LogP) is 2.44. The summed E-state index contributed by atoms with van der Waals surface area (Å²) in [6, 6.07) is 11.4. The third kappa shape index (κ3) is 4.55. The molecule has 0 heterocycles. The molecule has 6 nitrogen and oxygen atoms in total. The molecule has 0 fully saturated rings. The van der Waals surface area contributed by atoms with Crippen LogP contribution >= 0.6 is 11.6 Å². The maximum absolute atomic E-state index is 11.8. The van der Waals surface area contributed by atoms with E-state index in [4.69, 9.17) is 11.6 Å². The molecule has 3 N–H and O–H groups in total. The number of carbonyl (C=O) groups excluding carboxylic acids is 2. The lowest BCUT2D eigenvalue weighted by Crippen LogP contribution is -2.32. The van der Waals surface area contributed by atoms with Gasteiger partial charge in [-0.05, 0) is 42.8 Å². The van der Waals surface area contributed by atoms with Gasteiger partial charge in [0.2, 0.25) is 0 Å². The lowest BCUT2D eigenvalue weighted by Gasteiger charge is -2.07. The van der Waals surface area contributed by atoms with Crippen LogP contribution in [0.4, 0.5) is 5.69 Å². The molecular formula is C16H14ClN3O3. The van der Waals surface area contributed by atoms with Gasteiger partial charge in [-0.15, -0.1) is 0 Å². The molecular weight excluding hydrogens is 318 g/mol. The number of aryl methyl sites for hydroxylation is 1. The van der Waals surface area contributed by atoms with Gasteiger partial charge in [-0.2, -0.15) is 5.10 Å². The van der Waals surface area contributed by atoms with Gasteiger partial charge in [0.05, 0.1) is 6.21 Å². The van der Waals surface area contributed by atoms with Crippen molar-refractivity contribution >= 4 is 35.3 Å². The van der Waals surface area contributed by atoms with Crippen LogP contribution in [0.3, 0.4) is 0 Å². The number of rotatable bonds is 3. The maximum atomic E-state index is 11.8. The highest BCUT2D eigenvalue weighted by Crippen LogP contribution is 2.19. The SMILES string of the molecule is Cc1cc(Cl)ccc1NC(=O)C(=O)N/N=C/c1ccccc1O. The van der Waals surface area contributed by atoms with Gasteiger partial charge in [0.1, 0.15) is 5.75 Å². The van der Waals surface area contributed by atoms with E-state index in [1.165, 1.54) is 12.3 Å². The molecule has 23 heavy (non-hydrogen) atoms. The van der Waals surface area contributed by atoms with Gasteiger partial charge in [-0.1, -0.05) is 23.7 Å². The summed E-state index contributed by atoms with van der Waals surface area (Å²) in [5, 5.41) is 16.2. The summed E-state index contributed by atoms with van der Waals surface area (Å²) in [5.41, 5.74) is 3.73. The van der Waals surface area contributed by atoms with Gasteiger partial charge >= 0.3 is 11.8 Å². The summed E-state index contributed by atoms with van der Waals surface area (Å²) in [6.45, 7) is 1.76. The van der Waals surface area contributed by atoms with E-state index < -0.39 is 11.8 Å². The van der Waals surface area contributed by atoms with Crippen molar-refractivity contribution in [1.29, 1.82) is 0 Å². The molecule has 0 unspecified atom stereocenters. The highest BCUT2D eigenvalue weighted by atomic mass is 35.5. The quantitative estimate of drug-likeness (QED) is 0.458. The number of aromatic hydroxyl groups is 1. The van der Waals surface area contributed by atoms with Gasteiger partial charge in [-0.3, -0.25) is 9.59 Å². The highest BCUT2D eigenvalue weighted by molar-refractivity contribution is 6.39. The van der Waals surface area contributed by atoms with Gasteiger partial charge in [-0.25, -0.2) is 5.43 Å². The first-order chi connectivity index (χ1) is 11.0. The fourth-order valence-electron chi connectivity index (χ4n) is 1.75. The number of halogens is 1. The number of carbonyl (C=O) groups is 2. The van der Waals surface area contributed by atoms with E-state index in [9.17, 15) is 14.7 Å². The first kappa shape index (κ1) is 16.5. The van der Waals surface area contributed by atoms with Crippen LogP contribution in [0.5, 0.6) is 5.75 Å². The van der Waals surface area contributed by atoms with Gasteiger partial charge in [0.15, 0.2) is 0 Å². The number of benzene rings is 2. The van der Waals surface area contributed by atoms with Crippen LogP contribution in [-0.4, -0.2) is 23.1 Å². The van der Waals surface area contributed by atoms with Crippen molar-refractivity contribution in [3.05, 3.63) is 58.6 Å². The first-order valence-corrected chi connectivity index (χ1v) is 7.03. The van der Waals surface area contributed by atoms with Crippen molar-refractivity contribution in [2.75, 3.05) is 5.32 Å². The molecule has 2 aromatic rings. The van der Waals surface area contributed by atoms with E-state index in [0.717, 1.165) is 5.56 Å². The zero-order chi connectivity index (χ0) is 16.8. The number of phenolic OH excluding ortho intramolecular Hbond substituents is 1. The Labute approximate surface area is 137 Å². The van der Waals surface area contributed by atoms with Crippen LogP contribution in [0.2, 0.25) is 5.02 Å². The van der Waals surface area contributed by atoms with E-state index in [2.05, 4.69) is 15.8 Å². The number of hydrogen-bond donors (Lipinski definition) is 3. The third-order valence-electron chi connectivity index (χ3n) is 2.95. The number of phenols is 1. The number of para-hydroxylation sites is 1. The molecule has 2 amide bonds. The van der Waals surface area contributed by atoms with Crippen molar-refractivity contribution in [3.63, 3.8) is 0 Å². The Balaban J connectivity index is 1.95. The molecule has 0 aliphatic heterocycles. The number of hydrazone groups is 1. The van der Waals surface area contributed by atoms with Crippen molar-refractivity contribution < 1.29 is 14.7 Å². The highest BCUT2D eigenvalue weighted by Gasteiger charge is 2.14. The monoisotopic (exact) mass is 331 g/mol. The lowest BCUT2D eigenvalue weighted by atomic mass is 10.2. The van der Waals surface area contributed by atoms with E-state index in [1.807, 2.05) is 0 Å². The molecule has 0 spiro atoms. The number of nitrogens with one attached hydrogen (secondary N) is 2. The second kappa shape index (κ2) is 7.42. The zero-order valence-electron chi connectivity index (χ0n) is 12.2. The molecule has 2 rings (SSSR count). The van der Waals surface area contributed by atoms with Crippen LogP contribution < -0.4 is 10.7 Å². The standard InChI is InChI=1S/C16H14ClN3O3/c1-10-8-12(17)6-7-13(10)19-15(22)16(23)20-18-9-11-4-2-3-5-14(11)21/h2-9,21H,1H3,(H,19,22)(H,20,23)/b18-9+. The predicted molar refractivity (Wildman–Crippen MR) is 88.7 cm³/mol. The fraction of sp³-hybridized carbons (Fsp3) is 0.0625. The second-order valence-corrected chi connectivity index (χ2v) is 5.11. The minimum Gasteiger partial charge on any atom is -0.507 e. The molecule has 0 aliphatic rings. The molecule has 118 valence electrons. The summed E-state index contributed by atoms with van der Waals surface area (Å²) < 4.78 is 0. The molecule has 0 radical (unpaired) electrons. The van der Waals surface area contributed by atoms with Crippen molar-refractivity contribution in [3.8, 4) is 5.75 Å². The van der Waals surface area contributed by atoms with Crippen LogP contribution in [0.25, 0.3) is 0 Å². The van der Waals surface area contributed by atoms with Crippen LogP contribution in [-0.2, 0) is 9.59 Å². The molecule has 0 atom stereocenters. The number of nitrogens with zero attached hydrogens (tertiary/aromatic N) is 1. The number of anilines is 1. The first-order valence-electron chi connectivity index (χ1n) is 6.66. The smallest absolute Gasteiger partial charge is 0.329 e. The van der Waals surface area contributed by atoms with Crippen molar-refractivity contribution in [2.45, 2.75) is 6.92 Å². The van der Waals surface area contributed by atoms with Crippen LogP contribution in [0.1, 0.15) is 11.1 Å². The summed E-state index contributed by atoms with van der Waals surface area (Å²) in [4.78, 5) is 23.5. The number of hydrogen-bond acceptors (Lipinski definition) is 4. The minimum atomic E-state index is -0.925. The number of amides is 2. The molecule has 0 bridgehead atoms. The zero-order valence-corrected chi connectivity index (χ0v) is 13.0. The normalized spacial score (nSPS) is 10.5. The largest absolute Gasteiger partial charge is 0.507 e. The van der Waals surface area contributed by atoms with Gasteiger partial charge < -0.3 is 10.4 Å². The van der Waals surface area contributed by atoms with Crippen molar-refractivity contribution in [2.24, 2.45) is 5.10 Å². The van der Waals surface area contributed by atoms with Crippen LogP contribution in [0, 0.1) is 6.92 Å². The Morgan fingerprint density at radius 3 is 2.61 bits per heavy atom. The topological polar surface area (TPSA) is 90.8 Å². The van der Waals surface area contributed by atoms with E-state index in [0.29, 0.717) is 16.3 Å². The van der Waals surface area contributed by atoms with E-state index in [1.54, 1.807) is 43.3 Å². The summed E-state index contributed by atoms with van der Waals surface area (Å²) in [6.07, 6.45) is 1.24. The minimum absolute atomic E-state index is 0.0201. The molecule has 0 aliphatic carbocycles. The average molecular weight is 332 g/mol.